The van der Waals surface area contributed by atoms with Gasteiger partial charge in [0, 0.05) is 0 Å². The Morgan fingerprint density at radius 2 is 2.18 bits per heavy atom. The molecule has 0 aliphatic heterocycles. The van der Waals surface area contributed by atoms with Crippen LogP contribution < -0.4 is 9.47 Å². The van der Waals surface area contributed by atoms with Crippen molar-refractivity contribution in [3.8, 4) is 11.5 Å². The van der Waals surface area contributed by atoms with Gasteiger partial charge in [0.15, 0.2) is 11.5 Å². The summed E-state index contributed by atoms with van der Waals surface area (Å²) in [6, 6.07) is 4.76. The van der Waals surface area contributed by atoms with Crippen LogP contribution in [0.15, 0.2) is 30.4 Å². The third-order valence-electron chi connectivity index (χ3n) is 2.35. The van der Waals surface area contributed by atoms with Crippen molar-refractivity contribution in [2.24, 2.45) is 0 Å². The second-order valence-electron chi connectivity index (χ2n) is 3.53. The fraction of sp³-hybridized carbons (Fsp3) is 0.308. The number of rotatable bonds is 6. The SMILES string of the molecule is C=C(CC)COc1c(OC)cccc1C(=O)O. The normalized spacial score (nSPS) is 9.76. The molecule has 0 aliphatic rings. The van der Waals surface area contributed by atoms with Crippen LogP contribution in [-0.4, -0.2) is 24.8 Å². The van der Waals surface area contributed by atoms with Crippen LogP contribution >= 0.6 is 0 Å². The van der Waals surface area contributed by atoms with Crippen LogP contribution in [0.5, 0.6) is 11.5 Å². The summed E-state index contributed by atoms with van der Waals surface area (Å²) in [6.07, 6.45) is 0.789. The van der Waals surface area contributed by atoms with E-state index in [0.717, 1.165) is 12.0 Å². The quantitative estimate of drug-likeness (QED) is 0.771. The van der Waals surface area contributed by atoms with Crippen molar-refractivity contribution in [3.05, 3.63) is 35.9 Å². The second-order valence-corrected chi connectivity index (χ2v) is 3.53. The van der Waals surface area contributed by atoms with E-state index in [-0.39, 0.29) is 17.9 Å². The van der Waals surface area contributed by atoms with Crippen LogP contribution in [0, 0.1) is 0 Å². The molecule has 0 spiro atoms. The van der Waals surface area contributed by atoms with Gasteiger partial charge in [-0.3, -0.25) is 0 Å². The number of aromatic carboxylic acids is 1. The molecule has 0 fully saturated rings. The smallest absolute Gasteiger partial charge is 0.339 e. The molecule has 0 heterocycles. The van der Waals surface area contributed by atoms with Crippen molar-refractivity contribution in [2.75, 3.05) is 13.7 Å². The van der Waals surface area contributed by atoms with Gasteiger partial charge in [0.25, 0.3) is 0 Å². The number of carboxylic acid groups (broad SMARTS) is 1. The van der Waals surface area contributed by atoms with Gasteiger partial charge >= 0.3 is 5.97 Å². The molecule has 1 rings (SSSR count). The van der Waals surface area contributed by atoms with Gasteiger partial charge in [-0.05, 0) is 24.1 Å². The lowest BCUT2D eigenvalue weighted by Gasteiger charge is -2.13. The van der Waals surface area contributed by atoms with E-state index in [9.17, 15) is 4.79 Å². The Kier molecular flexibility index (Phi) is 4.57. The number of hydrogen-bond donors (Lipinski definition) is 1. The first-order valence-corrected chi connectivity index (χ1v) is 5.29. The molecule has 1 aromatic rings. The Bertz CT molecular complexity index is 423. The van der Waals surface area contributed by atoms with E-state index in [1.807, 2.05) is 6.92 Å². The summed E-state index contributed by atoms with van der Waals surface area (Å²) in [6.45, 7) is 6.06. The van der Waals surface area contributed by atoms with Gasteiger partial charge < -0.3 is 14.6 Å². The van der Waals surface area contributed by atoms with E-state index >= 15 is 0 Å². The largest absolute Gasteiger partial charge is 0.493 e. The summed E-state index contributed by atoms with van der Waals surface area (Å²) in [7, 11) is 1.47. The van der Waals surface area contributed by atoms with Gasteiger partial charge in [0.1, 0.15) is 12.2 Å². The second kappa shape index (κ2) is 5.94. The number of methoxy groups -OCH3 is 1. The van der Waals surface area contributed by atoms with E-state index in [2.05, 4.69) is 6.58 Å². The summed E-state index contributed by atoms with van der Waals surface area (Å²) < 4.78 is 10.6. The molecule has 92 valence electrons. The average Bonchev–Trinajstić information content (AvgIpc) is 2.35. The topological polar surface area (TPSA) is 55.8 Å². The lowest BCUT2D eigenvalue weighted by molar-refractivity contribution is 0.0692. The maximum Gasteiger partial charge on any atom is 0.339 e. The van der Waals surface area contributed by atoms with E-state index in [0.29, 0.717) is 5.75 Å². The van der Waals surface area contributed by atoms with Gasteiger partial charge in [0.2, 0.25) is 0 Å². The Morgan fingerprint density at radius 3 is 2.71 bits per heavy atom. The molecule has 0 aliphatic carbocycles. The summed E-state index contributed by atoms with van der Waals surface area (Å²) in [5, 5.41) is 9.05. The fourth-order valence-electron chi connectivity index (χ4n) is 1.27. The van der Waals surface area contributed by atoms with E-state index in [4.69, 9.17) is 14.6 Å². The summed E-state index contributed by atoms with van der Waals surface area (Å²) in [5.41, 5.74) is 0.987. The zero-order chi connectivity index (χ0) is 12.8. The molecule has 0 unspecified atom stereocenters. The fourth-order valence-corrected chi connectivity index (χ4v) is 1.27. The third-order valence-corrected chi connectivity index (χ3v) is 2.35. The van der Waals surface area contributed by atoms with Gasteiger partial charge in [-0.15, -0.1) is 0 Å². The summed E-state index contributed by atoms with van der Waals surface area (Å²) >= 11 is 0. The molecular weight excluding hydrogens is 220 g/mol. The van der Waals surface area contributed by atoms with E-state index in [1.54, 1.807) is 12.1 Å². The predicted molar refractivity (Wildman–Crippen MR) is 64.9 cm³/mol. The Balaban J connectivity index is 3.01. The Morgan fingerprint density at radius 1 is 1.47 bits per heavy atom. The third kappa shape index (κ3) is 3.24. The minimum atomic E-state index is -1.04. The van der Waals surface area contributed by atoms with Crippen molar-refractivity contribution in [3.63, 3.8) is 0 Å². The molecule has 0 saturated heterocycles. The molecular formula is C13H16O4. The predicted octanol–water partition coefficient (Wildman–Crippen LogP) is 2.74. The van der Waals surface area contributed by atoms with Gasteiger partial charge in [-0.2, -0.15) is 0 Å². The zero-order valence-corrected chi connectivity index (χ0v) is 10.0. The number of benzene rings is 1. The van der Waals surface area contributed by atoms with Crippen molar-refractivity contribution in [1.82, 2.24) is 0 Å². The molecule has 0 bridgehead atoms. The van der Waals surface area contributed by atoms with Crippen molar-refractivity contribution in [2.45, 2.75) is 13.3 Å². The van der Waals surface area contributed by atoms with Crippen LogP contribution in [0.2, 0.25) is 0 Å². The molecule has 1 N–H and O–H groups in total. The van der Waals surface area contributed by atoms with E-state index in [1.165, 1.54) is 13.2 Å². The first kappa shape index (κ1) is 13.1. The lowest BCUT2D eigenvalue weighted by atomic mass is 10.2. The van der Waals surface area contributed by atoms with Gasteiger partial charge in [-0.25, -0.2) is 4.79 Å². The van der Waals surface area contributed by atoms with Gasteiger partial charge in [-0.1, -0.05) is 19.6 Å². The molecule has 0 atom stereocenters. The first-order valence-electron chi connectivity index (χ1n) is 5.29. The first-order chi connectivity index (χ1) is 8.10. The lowest BCUT2D eigenvalue weighted by Crippen LogP contribution is -2.07. The Hall–Kier alpha value is -1.97. The monoisotopic (exact) mass is 236 g/mol. The zero-order valence-electron chi connectivity index (χ0n) is 10.0. The van der Waals surface area contributed by atoms with Crippen LogP contribution in [-0.2, 0) is 0 Å². The Labute approximate surface area is 100 Å². The maximum absolute atomic E-state index is 11.0. The number of carboxylic acids is 1. The van der Waals surface area contributed by atoms with Crippen molar-refractivity contribution < 1.29 is 19.4 Å². The molecule has 4 nitrogen and oxygen atoms in total. The van der Waals surface area contributed by atoms with Crippen molar-refractivity contribution in [1.29, 1.82) is 0 Å². The molecule has 17 heavy (non-hydrogen) atoms. The molecule has 0 saturated carbocycles. The summed E-state index contributed by atoms with van der Waals surface area (Å²) in [4.78, 5) is 11.0. The highest BCUT2D eigenvalue weighted by atomic mass is 16.5. The molecule has 0 radical (unpaired) electrons. The maximum atomic E-state index is 11.0. The molecule has 1 aromatic carbocycles. The van der Waals surface area contributed by atoms with Crippen LogP contribution in [0.3, 0.4) is 0 Å². The van der Waals surface area contributed by atoms with Gasteiger partial charge in [0.05, 0.1) is 7.11 Å². The highest BCUT2D eigenvalue weighted by molar-refractivity contribution is 5.92. The minimum absolute atomic E-state index is 0.0910. The standard InChI is InChI=1S/C13H16O4/c1-4-9(2)8-17-12-10(13(14)15)6-5-7-11(12)16-3/h5-7H,2,4,8H2,1,3H3,(H,14,15). The van der Waals surface area contributed by atoms with E-state index < -0.39 is 5.97 Å². The molecule has 0 aromatic heterocycles. The van der Waals surface area contributed by atoms with Crippen LogP contribution in [0.4, 0.5) is 0 Å². The number of carbonyl (C=O) groups is 1. The van der Waals surface area contributed by atoms with Crippen molar-refractivity contribution >= 4 is 5.97 Å². The number of hydrogen-bond acceptors (Lipinski definition) is 3. The van der Waals surface area contributed by atoms with Crippen LogP contribution in [0.25, 0.3) is 0 Å². The number of para-hydroxylation sites is 1. The summed E-state index contributed by atoms with van der Waals surface area (Å²) in [5.74, 6) is -0.382. The highest BCUT2D eigenvalue weighted by Gasteiger charge is 2.16. The minimum Gasteiger partial charge on any atom is -0.493 e. The average molecular weight is 236 g/mol. The molecule has 0 amide bonds. The number of ether oxygens (including phenoxy) is 2. The van der Waals surface area contributed by atoms with Crippen LogP contribution in [0.1, 0.15) is 23.7 Å². The highest BCUT2D eigenvalue weighted by Crippen LogP contribution is 2.31. The molecule has 4 heteroatoms.